The predicted octanol–water partition coefficient (Wildman–Crippen LogP) is 4.47. The zero-order valence-electron chi connectivity index (χ0n) is 9.99. The highest BCUT2D eigenvalue weighted by molar-refractivity contribution is 7.16. The molecule has 19 heavy (non-hydrogen) atoms. The van der Waals surface area contributed by atoms with Crippen molar-refractivity contribution in [3.05, 3.63) is 55.9 Å². The highest BCUT2D eigenvalue weighted by Crippen LogP contribution is 2.23. The Morgan fingerprint density at radius 2 is 2.05 bits per heavy atom. The summed E-state index contributed by atoms with van der Waals surface area (Å²) >= 11 is 13.0. The van der Waals surface area contributed by atoms with Gasteiger partial charge >= 0.3 is 0 Å². The lowest BCUT2D eigenvalue weighted by Gasteiger charge is -2.16. The number of hydrogen-bond donors (Lipinski definition) is 0. The van der Waals surface area contributed by atoms with Gasteiger partial charge in [0.2, 0.25) is 0 Å². The van der Waals surface area contributed by atoms with E-state index in [-0.39, 0.29) is 5.56 Å². The van der Waals surface area contributed by atoms with E-state index in [0.29, 0.717) is 15.9 Å². The number of nitrogens with zero attached hydrogens (tertiary/aromatic N) is 1. The minimum Gasteiger partial charge on any atom is -0.336 e. The van der Waals surface area contributed by atoms with Crippen LogP contribution < -0.4 is 0 Å². The fraction of sp³-hybridized carbons (Fsp3) is 0.154. The summed E-state index contributed by atoms with van der Waals surface area (Å²) in [5.41, 5.74) is -0.0300. The monoisotopic (exact) mass is 317 g/mol. The Morgan fingerprint density at radius 3 is 2.68 bits per heavy atom. The number of benzene rings is 1. The summed E-state index contributed by atoms with van der Waals surface area (Å²) < 4.78 is 14.3. The van der Waals surface area contributed by atoms with Crippen molar-refractivity contribution in [1.29, 1.82) is 0 Å². The van der Waals surface area contributed by atoms with Crippen LogP contribution in [-0.2, 0) is 6.54 Å². The summed E-state index contributed by atoms with van der Waals surface area (Å²) in [6.07, 6.45) is 0. The Hall–Kier alpha value is -1.10. The van der Waals surface area contributed by atoms with Gasteiger partial charge in [0, 0.05) is 16.9 Å². The van der Waals surface area contributed by atoms with Gasteiger partial charge in [0.05, 0.1) is 16.4 Å². The van der Waals surface area contributed by atoms with Crippen molar-refractivity contribution in [1.82, 2.24) is 4.90 Å². The van der Waals surface area contributed by atoms with E-state index in [4.69, 9.17) is 23.2 Å². The molecule has 0 fully saturated rings. The largest absolute Gasteiger partial charge is 0.336 e. The van der Waals surface area contributed by atoms with Gasteiger partial charge in [-0.1, -0.05) is 23.2 Å². The highest BCUT2D eigenvalue weighted by atomic mass is 35.5. The van der Waals surface area contributed by atoms with Crippen molar-refractivity contribution in [3.8, 4) is 0 Å². The Kier molecular flexibility index (Phi) is 4.45. The molecule has 0 N–H and O–H groups in total. The molecule has 0 aliphatic rings. The second kappa shape index (κ2) is 5.90. The van der Waals surface area contributed by atoms with Crippen LogP contribution in [0, 0.1) is 5.82 Å². The summed E-state index contributed by atoms with van der Waals surface area (Å²) in [5.74, 6) is -0.991. The molecule has 2 nitrogen and oxygen atoms in total. The summed E-state index contributed by atoms with van der Waals surface area (Å²) in [6, 6.07) is 7.53. The summed E-state index contributed by atoms with van der Waals surface area (Å²) in [4.78, 5) is 14.5. The Balaban J connectivity index is 2.16. The molecule has 0 aliphatic heterocycles. The molecule has 6 heteroatoms. The Morgan fingerprint density at radius 1 is 1.32 bits per heavy atom. The quantitative estimate of drug-likeness (QED) is 0.818. The van der Waals surface area contributed by atoms with E-state index in [0.717, 1.165) is 4.88 Å². The molecule has 0 radical (unpaired) electrons. The van der Waals surface area contributed by atoms with Crippen molar-refractivity contribution in [2.24, 2.45) is 0 Å². The molecule has 1 aromatic heterocycles. The van der Waals surface area contributed by atoms with Crippen LogP contribution in [0.2, 0.25) is 9.36 Å². The molecule has 2 rings (SSSR count). The van der Waals surface area contributed by atoms with E-state index >= 15 is 0 Å². The normalized spacial score (nSPS) is 10.5. The molecule has 0 saturated heterocycles. The van der Waals surface area contributed by atoms with Crippen LogP contribution in [0.1, 0.15) is 15.2 Å². The molecule has 0 saturated carbocycles. The number of hydrogen-bond acceptors (Lipinski definition) is 2. The third kappa shape index (κ3) is 3.47. The lowest BCUT2D eigenvalue weighted by Crippen LogP contribution is -2.26. The second-order valence-electron chi connectivity index (χ2n) is 3.99. The van der Waals surface area contributed by atoms with Crippen LogP contribution >= 0.6 is 34.5 Å². The first-order chi connectivity index (χ1) is 8.97. The van der Waals surface area contributed by atoms with Gasteiger partial charge in [0.1, 0.15) is 5.82 Å². The van der Waals surface area contributed by atoms with E-state index in [1.54, 1.807) is 13.1 Å². The number of halogens is 3. The molecule has 0 bridgehead atoms. The molecular formula is C13H10Cl2FNOS. The topological polar surface area (TPSA) is 20.3 Å². The standard InChI is InChI=1S/C13H10Cl2FNOS/c1-17(7-9-3-5-12(15)19-9)13(18)10-6-8(14)2-4-11(10)16/h2-6H,7H2,1H3. The maximum atomic E-state index is 13.6. The van der Waals surface area contributed by atoms with Crippen molar-refractivity contribution >= 4 is 40.4 Å². The van der Waals surface area contributed by atoms with Gasteiger partial charge in [0.15, 0.2) is 0 Å². The van der Waals surface area contributed by atoms with Crippen LogP contribution in [0.15, 0.2) is 30.3 Å². The van der Waals surface area contributed by atoms with E-state index in [9.17, 15) is 9.18 Å². The molecule has 0 aliphatic carbocycles. The van der Waals surface area contributed by atoms with Gasteiger partial charge in [-0.2, -0.15) is 0 Å². The fourth-order valence-corrected chi connectivity index (χ4v) is 2.92. The number of amides is 1. The minimum absolute atomic E-state index is 0.0300. The van der Waals surface area contributed by atoms with E-state index in [1.807, 2.05) is 6.07 Å². The van der Waals surface area contributed by atoms with Crippen molar-refractivity contribution in [2.75, 3.05) is 7.05 Å². The molecule has 1 heterocycles. The second-order valence-corrected chi connectivity index (χ2v) is 6.23. The van der Waals surface area contributed by atoms with Crippen molar-refractivity contribution < 1.29 is 9.18 Å². The molecule has 100 valence electrons. The molecule has 2 aromatic rings. The van der Waals surface area contributed by atoms with Crippen LogP contribution in [0.3, 0.4) is 0 Å². The Bertz CT molecular complexity index is 614. The summed E-state index contributed by atoms with van der Waals surface area (Å²) in [7, 11) is 1.61. The van der Waals surface area contributed by atoms with E-state index < -0.39 is 11.7 Å². The first-order valence-electron chi connectivity index (χ1n) is 5.42. The molecule has 1 aromatic carbocycles. The summed E-state index contributed by atoms with van der Waals surface area (Å²) in [5, 5.41) is 0.331. The molecule has 0 spiro atoms. The average molecular weight is 318 g/mol. The predicted molar refractivity (Wildman–Crippen MR) is 76.5 cm³/mol. The number of thiophene rings is 1. The maximum Gasteiger partial charge on any atom is 0.256 e. The van der Waals surface area contributed by atoms with Gasteiger partial charge < -0.3 is 4.90 Å². The number of rotatable bonds is 3. The first kappa shape index (κ1) is 14.3. The van der Waals surface area contributed by atoms with E-state index in [2.05, 4.69) is 0 Å². The van der Waals surface area contributed by atoms with Crippen LogP contribution in [0.5, 0.6) is 0 Å². The van der Waals surface area contributed by atoms with Gasteiger partial charge in [-0.25, -0.2) is 4.39 Å². The van der Waals surface area contributed by atoms with Crippen molar-refractivity contribution in [2.45, 2.75) is 6.54 Å². The molecule has 0 atom stereocenters. The zero-order chi connectivity index (χ0) is 14.0. The third-order valence-corrected chi connectivity index (χ3v) is 3.98. The zero-order valence-corrected chi connectivity index (χ0v) is 12.3. The lowest BCUT2D eigenvalue weighted by molar-refractivity contribution is 0.0782. The van der Waals surface area contributed by atoms with Gasteiger partial charge in [-0.15, -0.1) is 11.3 Å². The average Bonchev–Trinajstić information content (AvgIpc) is 2.77. The van der Waals surface area contributed by atoms with Gasteiger partial charge in [0.25, 0.3) is 5.91 Å². The van der Waals surface area contributed by atoms with Gasteiger partial charge in [-0.05, 0) is 30.3 Å². The smallest absolute Gasteiger partial charge is 0.256 e. The highest BCUT2D eigenvalue weighted by Gasteiger charge is 2.17. The van der Waals surface area contributed by atoms with Crippen LogP contribution in [-0.4, -0.2) is 17.9 Å². The first-order valence-corrected chi connectivity index (χ1v) is 6.99. The van der Waals surface area contributed by atoms with E-state index in [1.165, 1.54) is 34.4 Å². The van der Waals surface area contributed by atoms with Crippen molar-refractivity contribution in [3.63, 3.8) is 0 Å². The minimum atomic E-state index is -0.578. The van der Waals surface area contributed by atoms with Crippen LogP contribution in [0.4, 0.5) is 4.39 Å². The van der Waals surface area contributed by atoms with Crippen LogP contribution in [0.25, 0.3) is 0 Å². The third-order valence-electron chi connectivity index (χ3n) is 2.53. The molecule has 0 unspecified atom stereocenters. The lowest BCUT2D eigenvalue weighted by atomic mass is 10.2. The number of carbonyl (C=O) groups excluding carboxylic acids is 1. The fourth-order valence-electron chi connectivity index (χ4n) is 1.61. The SMILES string of the molecule is CN(Cc1ccc(Cl)s1)C(=O)c1cc(Cl)ccc1F. The summed E-state index contributed by atoms with van der Waals surface area (Å²) in [6.45, 7) is 0.377. The molecular weight excluding hydrogens is 308 g/mol. The maximum absolute atomic E-state index is 13.6. The number of carbonyl (C=O) groups is 1. The Labute approximate surface area is 124 Å². The molecule has 1 amide bonds. The van der Waals surface area contributed by atoms with Gasteiger partial charge in [-0.3, -0.25) is 4.79 Å².